The Labute approximate surface area is 177 Å². The summed E-state index contributed by atoms with van der Waals surface area (Å²) in [6.45, 7) is 2.14. The van der Waals surface area contributed by atoms with Crippen molar-refractivity contribution in [2.24, 2.45) is 0 Å². The molecule has 1 saturated heterocycles. The first-order valence-corrected chi connectivity index (χ1v) is 12.3. The molecular weight excluding hydrogens is 426 g/mol. The highest BCUT2D eigenvalue weighted by Gasteiger charge is 2.39. The number of carbonyl (C=O) groups is 1. The Hall–Kier alpha value is -2.27. The molecule has 8 nitrogen and oxygen atoms in total. The highest BCUT2D eigenvalue weighted by atomic mass is 32.2. The average Bonchev–Trinajstić information content (AvgIpc) is 3.19. The van der Waals surface area contributed by atoms with Crippen molar-refractivity contribution in [3.63, 3.8) is 0 Å². The number of hydrogen-bond donors (Lipinski definition) is 1. The summed E-state index contributed by atoms with van der Waals surface area (Å²) in [7, 11) is -4.48. The number of rotatable bonds is 6. The van der Waals surface area contributed by atoms with Crippen LogP contribution in [0.2, 0.25) is 0 Å². The zero-order valence-corrected chi connectivity index (χ0v) is 18.7. The zero-order chi connectivity index (χ0) is 22.1. The fraction of sp³-hybridized carbons (Fsp3) is 0.350. The van der Waals surface area contributed by atoms with Crippen molar-refractivity contribution in [2.45, 2.75) is 35.6 Å². The van der Waals surface area contributed by atoms with Gasteiger partial charge in [-0.3, -0.25) is 4.79 Å². The van der Waals surface area contributed by atoms with E-state index in [0.29, 0.717) is 18.5 Å². The van der Waals surface area contributed by atoms with Gasteiger partial charge in [0.2, 0.25) is 26.0 Å². The monoisotopic (exact) mass is 451 g/mol. The molecule has 1 N–H and O–H groups in total. The normalized spacial score (nSPS) is 17.9. The lowest BCUT2D eigenvalue weighted by atomic mass is 10.2. The number of benzene rings is 2. The van der Waals surface area contributed by atoms with Gasteiger partial charge in [0.15, 0.2) is 0 Å². The largest absolute Gasteiger partial charge is 0.325 e. The molecule has 1 aliphatic heterocycles. The second-order valence-electron chi connectivity index (χ2n) is 7.39. The number of nitrogens with one attached hydrogen (secondary N) is 1. The van der Waals surface area contributed by atoms with Crippen molar-refractivity contribution >= 4 is 31.6 Å². The quantitative estimate of drug-likeness (QED) is 0.724. The highest BCUT2D eigenvalue weighted by Crippen LogP contribution is 2.27. The third-order valence-electron chi connectivity index (χ3n) is 5.03. The Kier molecular flexibility index (Phi) is 6.32. The number of nitrogens with zero attached hydrogens (tertiary/aromatic N) is 2. The van der Waals surface area contributed by atoms with Gasteiger partial charge in [0.25, 0.3) is 0 Å². The van der Waals surface area contributed by atoms with Gasteiger partial charge in [-0.1, -0.05) is 17.7 Å². The van der Waals surface area contributed by atoms with Gasteiger partial charge in [0.1, 0.15) is 6.04 Å². The lowest BCUT2D eigenvalue weighted by Crippen LogP contribution is -2.43. The van der Waals surface area contributed by atoms with E-state index in [9.17, 15) is 21.6 Å². The topological polar surface area (TPSA) is 104 Å². The second kappa shape index (κ2) is 8.46. The number of aryl methyl sites for hydroxylation is 1. The molecule has 1 atom stereocenters. The molecule has 0 spiro atoms. The van der Waals surface area contributed by atoms with Gasteiger partial charge in [-0.25, -0.2) is 21.1 Å². The van der Waals surface area contributed by atoms with E-state index in [1.165, 1.54) is 42.7 Å². The van der Waals surface area contributed by atoms with Crippen LogP contribution >= 0.6 is 0 Å². The van der Waals surface area contributed by atoms with Crippen LogP contribution in [0.3, 0.4) is 0 Å². The van der Waals surface area contributed by atoms with Crippen LogP contribution < -0.4 is 5.32 Å². The molecule has 1 amide bonds. The summed E-state index contributed by atoms with van der Waals surface area (Å²) in [5, 5.41) is 2.70. The Balaban J connectivity index is 1.77. The van der Waals surface area contributed by atoms with Crippen LogP contribution in [0.1, 0.15) is 18.4 Å². The van der Waals surface area contributed by atoms with E-state index in [1.54, 1.807) is 24.3 Å². The minimum atomic E-state index is -3.79. The number of hydrogen-bond acceptors (Lipinski definition) is 5. The lowest BCUT2D eigenvalue weighted by Gasteiger charge is -2.23. The van der Waals surface area contributed by atoms with Crippen LogP contribution in [-0.2, 0) is 24.8 Å². The summed E-state index contributed by atoms with van der Waals surface area (Å²) in [6, 6.07) is 11.5. The maximum Gasteiger partial charge on any atom is 0.243 e. The smallest absolute Gasteiger partial charge is 0.243 e. The summed E-state index contributed by atoms with van der Waals surface area (Å²) in [5.41, 5.74) is 1.35. The molecule has 0 saturated carbocycles. The molecule has 0 bridgehead atoms. The summed E-state index contributed by atoms with van der Waals surface area (Å²) < 4.78 is 52.6. The molecule has 1 aliphatic rings. The average molecular weight is 452 g/mol. The number of carbonyl (C=O) groups excluding carboxylic acids is 1. The lowest BCUT2D eigenvalue weighted by molar-refractivity contribution is -0.119. The molecular formula is C20H25N3O5S2. The van der Waals surface area contributed by atoms with Crippen molar-refractivity contribution in [1.82, 2.24) is 8.61 Å². The third kappa shape index (κ3) is 4.41. The first-order chi connectivity index (χ1) is 14.0. The first kappa shape index (κ1) is 22.4. The number of sulfonamides is 2. The SMILES string of the molecule is Cc1ccc(S(=O)(=O)N2CCCC2C(=O)Nc2ccc(S(=O)(=O)N(C)C)cc2)cc1. The molecule has 0 radical (unpaired) electrons. The Morgan fingerprint density at radius 3 is 2.10 bits per heavy atom. The van der Waals surface area contributed by atoms with Crippen LogP contribution in [0.15, 0.2) is 58.3 Å². The van der Waals surface area contributed by atoms with E-state index in [4.69, 9.17) is 0 Å². The molecule has 1 fully saturated rings. The molecule has 10 heteroatoms. The predicted molar refractivity (Wildman–Crippen MR) is 114 cm³/mol. The standard InChI is InChI=1S/C20H25N3O5S2/c1-15-6-10-18(11-7-15)30(27,28)23-14-4-5-19(23)20(24)21-16-8-12-17(13-9-16)29(25,26)22(2)3/h6-13,19H,4-5,14H2,1-3H3,(H,21,24). The van der Waals surface area contributed by atoms with E-state index < -0.39 is 32.0 Å². The van der Waals surface area contributed by atoms with E-state index in [1.807, 2.05) is 6.92 Å². The highest BCUT2D eigenvalue weighted by molar-refractivity contribution is 7.89. The van der Waals surface area contributed by atoms with Gasteiger partial charge in [0, 0.05) is 26.3 Å². The Bertz CT molecular complexity index is 1130. The molecule has 3 rings (SSSR count). The van der Waals surface area contributed by atoms with Crippen molar-refractivity contribution < 1.29 is 21.6 Å². The summed E-state index contributed by atoms with van der Waals surface area (Å²) in [4.78, 5) is 13.1. The van der Waals surface area contributed by atoms with Crippen LogP contribution in [0.25, 0.3) is 0 Å². The maximum atomic E-state index is 13.0. The number of anilines is 1. The van der Waals surface area contributed by atoms with Gasteiger partial charge in [-0.15, -0.1) is 0 Å². The molecule has 2 aromatic carbocycles. The van der Waals surface area contributed by atoms with Gasteiger partial charge in [0.05, 0.1) is 9.79 Å². The van der Waals surface area contributed by atoms with E-state index >= 15 is 0 Å². The van der Waals surface area contributed by atoms with Gasteiger partial charge < -0.3 is 5.32 Å². The van der Waals surface area contributed by atoms with Crippen molar-refractivity contribution in [2.75, 3.05) is 26.0 Å². The molecule has 0 aromatic heterocycles. The Morgan fingerprint density at radius 1 is 0.967 bits per heavy atom. The molecule has 1 unspecified atom stereocenters. The maximum absolute atomic E-state index is 13.0. The van der Waals surface area contributed by atoms with E-state index in [2.05, 4.69) is 5.32 Å². The molecule has 162 valence electrons. The minimum absolute atomic E-state index is 0.106. The fourth-order valence-electron chi connectivity index (χ4n) is 3.28. The van der Waals surface area contributed by atoms with Gasteiger partial charge in [-0.05, 0) is 56.2 Å². The summed E-state index contributed by atoms with van der Waals surface area (Å²) >= 11 is 0. The van der Waals surface area contributed by atoms with E-state index in [-0.39, 0.29) is 16.3 Å². The van der Waals surface area contributed by atoms with Crippen molar-refractivity contribution in [3.05, 3.63) is 54.1 Å². The number of amides is 1. The van der Waals surface area contributed by atoms with Crippen LogP contribution in [0.5, 0.6) is 0 Å². The molecule has 0 aliphatic carbocycles. The van der Waals surface area contributed by atoms with Crippen LogP contribution in [0.4, 0.5) is 5.69 Å². The van der Waals surface area contributed by atoms with Crippen LogP contribution in [-0.4, -0.2) is 58.0 Å². The molecule has 30 heavy (non-hydrogen) atoms. The predicted octanol–water partition coefficient (Wildman–Crippen LogP) is 2.04. The summed E-state index contributed by atoms with van der Waals surface area (Å²) in [5.74, 6) is -0.439. The molecule has 2 aromatic rings. The van der Waals surface area contributed by atoms with Crippen molar-refractivity contribution in [1.29, 1.82) is 0 Å². The van der Waals surface area contributed by atoms with Gasteiger partial charge >= 0.3 is 0 Å². The fourth-order valence-corrected chi connectivity index (χ4v) is 5.84. The van der Waals surface area contributed by atoms with E-state index in [0.717, 1.165) is 9.87 Å². The molecule has 1 heterocycles. The third-order valence-corrected chi connectivity index (χ3v) is 8.79. The second-order valence-corrected chi connectivity index (χ2v) is 11.4. The Morgan fingerprint density at radius 2 is 1.53 bits per heavy atom. The van der Waals surface area contributed by atoms with Crippen molar-refractivity contribution in [3.8, 4) is 0 Å². The zero-order valence-electron chi connectivity index (χ0n) is 17.1. The summed E-state index contributed by atoms with van der Waals surface area (Å²) in [6.07, 6.45) is 1.01. The first-order valence-electron chi connectivity index (χ1n) is 9.45. The van der Waals surface area contributed by atoms with Gasteiger partial charge in [-0.2, -0.15) is 4.31 Å². The minimum Gasteiger partial charge on any atom is -0.325 e. The van der Waals surface area contributed by atoms with Crippen LogP contribution in [0, 0.1) is 6.92 Å².